The van der Waals surface area contributed by atoms with Crippen LogP contribution in [0.3, 0.4) is 0 Å². The van der Waals surface area contributed by atoms with E-state index in [0.29, 0.717) is 50.2 Å². The van der Waals surface area contributed by atoms with Crippen LogP contribution >= 0.6 is 0 Å². The molecule has 9 nitrogen and oxygen atoms in total. The number of pyridine rings is 1. The number of carbonyl (C=O) groups is 4. The molecule has 1 saturated carbocycles. The van der Waals surface area contributed by atoms with Crippen molar-refractivity contribution in [1.82, 2.24) is 25.2 Å². The van der Waals surface area contributed by atoms with E-state index in [2.05, 4.69) is 20.3 Å². The predicted octanol–water partition coefficient (Wildman–Crippen LogP) is 4.19. The maximum atomic E-state index is 13.4. The molecule has 1 aliphatic heterocycles. The lowest BCUT2D eigenvalue weighted by atomic mass is 9.69. The summed E-state index contributed by atoms with van der Waals surface area (Å²) in [6.45, 7) is 4.61. The Labute approximate surface area is 231 Å². The number of nitrogens with zero attached hydrogens (tertiary/aromatic N) is 4. The molecule has 3 heterocycles. The average Bonchev–Trinajstić information content (AvgIpc) is 2.94. The number of amides is 3. The number of piperidine rings is 1. The average molecular weight is 544 g/mol. The maximum Gasteiger partial charge on any atom is 0.324 e. The van der Waals surface area contributed by atoms with Gasteiger partial charge in [0.05, 0.1) is 12.4 Å². The lowest BCUT2D eigenvalue weighted by Crippen LogP contribution is -2.48. The number of imide groups is 1. The van der Waals surface area contributed by atoms with Crippen LogP contribution < -0.4 is 5.32 Å². The van der Waals surface area contributed by atoms with Crippen LogP contribution in [0.2, 0.25) is 0 Å². The molecule has 1 aromatic carbocycles. The highest BCUT2D eigenvalue weighted by atomic mass is 19.1. The topological polar surface area (TPSA) is 122 Å². The molecular formula is C30H30FN5O4. The highest BCUT2D eigenvalue weighted by molar-refractivity contribution is 6.10. The summed E-state index contributed by atoms with van der Waals surface area (Å²) in [6, 6.07) is 8.11. The number of nitrogens with one attached hydrogen (secondary N) is 1. The Hall–Kier alpha value is -4.34. The van der Waals surface area contributed by atoms with Crippen molar-refractivity contribution >= 4 is 23.5 Å². The molecule has 0 atom stereocenters. The van der Waals surface area contributed by atoms with Gasteiger partial charge in [0.2, 0.25) is 0 Å². The molecule has 2 fully saturated rings. The van der Waals surface area contributed by atoms with Gasteiger partial charge in [0.25, 0.3) is 5.91 Å². The summed E-state index contributed by atoms with van der Waals surface area (Å²) in [5.74, 6) is -1.59. The fraction of sp³-hybridized carbons (Fsp3) is 0.367. The third-order valence-electron chi connectivity index (χ3n) is 7.94. The van der Waals surface area contributed by atoms with E-state index in [1.807, 2.05) is 26.0 Å². The Morgan fingerprint density at radius 3 is 2.12 bits per heavy atom. The molecule has 5 rings (SSSR count). The van der Waals surface area contributed by atoms with E-state index in [-0.39, 0.29) is 29.1 Å². The highest BCUT2D eigenvalue weighted by Gasteiger charge is 2.41. The molecule has 1 aliphatic carbocycles. The van der Waals surface area contributed by atoms with Crippen LogP contribution in [0.5, 0.6) is 0 Å². The standard InChI is InChI=1S/C30H30FN5O4/c1-17-11-21(28-33-15-22(31)16-34-28)12-18(2)26(17)27-24(37)13-20(14-25(27)38)19-6-9-36(10-7-19)30(40)35-29(39)23-5-3-4-8-32-23/h3-5,8,11-12,15-16,19-20,27H,6-7,9-10,13-14H2,1-2H3,(H,35,39,40). The highest BCUT2D eigenvalue weighted by Crippen LogP contribution is 2.40. The second kappa shape index (κ2) is 11.4. The van der Waals surface area contributed by atoms with Gasteiger partial charge >= 0.3 is 6.03 Å². The summed E-state index contributed by atoms with van der Waals surface area (Å²) in [5, 5.41) is 2.38. The molecule has 3 aromatic rings. The van der Waals surface area contributed by atoms with E-state index in [0.717, 1.165) is 29.1 Å². The van der Waals surface area contributed by atoms with Crippen molar-refractivity contribution in [2.45, 2.75) is 45.4 Å². The number of hydrogen-bond acceptors (Lipinski definition) is 7. The normalized spacial score (nSPS) is 19.9. The van der Waals surface area contributed by atoms with Gasteiger partial charge in [-0.1, -0.05) is 6.07 Å². The largest absolute Gasteiger partial charge is 0.324 e. The van der Waals surface area contributed by atoms with Crippen molar-refractivity contribution in [2.24, 2.45) is 11.8 Å². The first kappa shape index (κ1) is 27.2. The summed E-state index contributed by atoms with van der Waals surface area (Å²) in [6.07, 6.45) is 5.64. The first-order valence-corrected chi connectivity index (χ1v) is 13.4. The van der Waals surface area contributed by atoms with Gasteiger partial charge < -0.3 is 4.90 Å². The zero-order valence-electron chi connectivity index (χ0n) is 22.4. The summed E-state index contributed by atoms with van der Waals surface area (Å²) in [7, 11) is 0. The lowest BCUT2D eigenvalue weighted by molar-refractivity contribution is -0.134. The third-order valence-corrected chi connectivity index (χ3v) is 7.94. The van der Waals surface area contributed by atoms with Crippen molar-refractivity contribution in [3.8, 4) is 11.4 Å². The molecule has 1 saturated heterocycles. The van der Waals surface area contributed by atoms with Crippen LogP contribution in [0, 0.1) is 31.5 Å². The van der Waals surface area contributed by atoms with E-state index < -0.39 is 23.7 Å². The van der Waals surface area contributed by atoms with Crippen LogP contribution in [0.4, 0.5) is 9.18 Å². The third kappa shape index (κ3) is 5.66. The molecule has 40 heavy (non-hydrogen) atoms. The Balaban J connectivity index is 1.20. The van der Waals surface area contributed by atoms with Crippen LogP contribution in [0.1, 0.15) is 58.8 Å². The van der Waals surface area contributed by atoms with Gasteiger partial charge in [-0.3, -0.25) is 24.7 Å². The summed E-state index contributed by atoms with van der Waals surface area (Å²) in [4.78, 5) is 65.2. The van der Waals surface area contributed by atoms with Crippen LogP contribution in [0.15, 0.2) is 48.9 Å². The summed E-state index contributed by atoms with van der Waals surface area (Å²) < 4.78 is 13.2. The van der Waals surface area contributed by atoms with Gasteiger partial charge in [-0.05, 0) is 79.5 Å². The molecule has 3 amide bonds. The zero-order chi connectivity index (χ0) is 28.4. The van der Waals surface area contributed by atoms with Crippen molar-refractivity contribution in [1.29, 1.82) is 0 Å². The molecule has 206 valence electrons. The van der Waals surface area contributed by atoms with E-state index in [9.17, 15) is 23.6 Å². The minimum Gasteiger partial charge on any atom is -0.324 e. The number of Topliss-reactive ketones (excluding diaryl/α,β-unsaturated/α-hetero) is 2. The molecule has 0 bridgehead atoms. The Bertz CT molecular complexity index is 1410. The number of urea groups is 1. The second-order valence-corrected chi connectivity index (χ2v) is 10.6. The van der Waals surface area contributed by atoms with Gasteiger partial charge in [-0.25, -0.2) is 19.2 Å². The van der Waals surface area contributed by atoms with Crippen molar-refractivity contribution in [3.05, 3.63) is 77.1 Å². The quantitative estimate of drug-likeness (QED) is 0.490. The number of ketones is 2. The van der Waals surface area contributed by atoms with Crippen molar-refractivity contribution in [2.75, 3.05) is 13.1 Å². The maximum absolute atomic E-state index is 13.4. The Kier molecular flexibility index (Phi) is 7.77. The number of benzene rings is 1. The van der Waals surface area contributed by atoms with E-state index in [4.69, 9.17) is 0 Å². The molecular weight excluding hydrogens is 513 g/mol. The van der Waals surface area contributed by atoms with Crippen molar-refractivity contribution in [3.63, 3.8) is 0 Å². The molecule has 0 unspecified atom stereocenters. The number of hydrogen-bond donors (Lipinski definition) is 1. The summed E-state index contributed by atoms with van der Waals surface area (Å²) in [5.41, 5.74) is 3.19. The van der Waals surface area contributed by atoms with Gasteiger partial charge in [0.1, 0.15) is 23.2 Å². The van der Waals surface area contributed by atoms with Crippen LogP contribution in [-0.4, -0.2) is 56.4 Å². The SMILES string of the molecule is Cc1cc(-c2ncc(F)cn2)cc(C)c1C1C(=O)CC(C2CCN(C(=O)NC(=O)c3ccccn3)CC2)CC1=O. The Morgan fingerprint density at radius 1 is 0.925 bits per heavy atom. The van der Waals surface area contributed by atoms with Crippen LogP contribution in [-0.2, 0) is 9.59 Å². The van der Waals surface area contributed by atoms with Gasteiger partial charge in [-0.15, -0.1) is 0 Å². The molecule has 10 heteroatoms. The number of carbonyl (C=O) groups excluding carboxylic acids is 4. The van der Waals surface area contributed by atoms with Crippen molar-refractivity contribution < 1.29 is 23.6 Å². The molecule has 2 aromatic heterocycles. The molecule has 0 radical (unpaired) electrons. The molecule has 2 aliphatic rings. The number of likely N-dealkylation sites (tertiary alicyclic amines) is 1. The second-order valence-electron chi connectivity index (χ2n) is 10.6. The van der Waals surface area contributed by atoms with Gasteiger partial charge in [0, 0.05) is 37.7 Å². The molecule has 0 spiro atoms. The van der Waals surface area contributed by atoms with Crippen LogP contribution in [0.25, 0.3) is 11.4 Å². The number of aromatic nitrogens is 3. The van der Waals surface area contributed by atoms with Gasteiger partial charge in [0.15, 0.2) is 11.6 Å². The van der Waals surface area contributed by atoms with E-state index >= 15 is 0 Å². The van der Waals surface area contributed by atoms with E-state index in [1.165, 1.54) is 12.3 Å². The number of halogens is 1. The first-order chi connectivity index (χ1) is 19.2. The lowest BCUT2D eigenvalue weighted by Gasteiger charge is -2.38. The first-order valence-electron chi connectivity index (χ1n) is 13.4. The summed E-state index contributed by atoms with van der Waals surface area (Å²) >= 11 is 0. The Morgan fingerprint density at radius 2 is 1.55 bits per heavy atom. The monoisotopic (exact) mass is 543 g/mol. The fourth-order valence-electron chi connectivity index (χ4n) is 5.99. The fourth-order valence-corrected chi connectivity index (χ4v) is 5.99. The zero-order valence-corrected chi connectivity index (χ0v) is 22.4. The minimum atomic E-state index is -0.803. The molecule has 1 N–H and O–H groups in total. The van der Waals surface area contributed by atoms with E-state index in [1.54, 1.807) is 17.0 Å². The van der Waals surface area contributed by atoms with Gasteiger partial charge in [-0.2, -0.15) is 0 Å². The predicted molar refractivity (Wildman–Crippen MR) is 144 cm³/mol. The number of rotatable bonds is 4. The smallest absolute Gasteiger partial charge is 0.324 e. The minimum absolute atomic E-state index is 0.0656. The number of aryl methyl sites for hydroxylation is 2.